The molecule has 1 saturated heterocycles. The van der Waals surface area contributed by atoms with Crippen molar-refractivity contribution in [3.05, 3.63) is 0 Å². The van der Waals surface area contributed by atoms with Crippen molar-refractivity contribution in [2.75, 3.05) is 27.2 Å². The van der Waals surface area contributed by atoms with Crippen molar-refractivity contribution in [1.82, 2.24) is 4.90 Å². The third-order valence-electron chi connectivity index (χ3n) is 8.27. The van der Waals surface area contributed by atoms with Crippen LogP contribution in [0.4, 0.5) is 0 Å². The Hall–Kier alpha value is -0.730. The molecule has 3 fully saturated rings. The van der Waals surface area contributed by atoms with Gasteiger partial charge in [-0.05, 0) is 52.1 Å². The van der Waals surface area contributed by atoms with Gasteiger partial charge in [0, 0.05) is 24.5 Å². The first-order valence-corrected chi connectivity index (χ1v) is 10.9. The minimum atomic E-state index is -1.42. The molecule has 168 valence electrons. The number of carbonyl (C=O) groups is 1. The van der Waals surface area contributed by atoms with Crippen LogP contribution in [0.1, 0.15) is 59.8 Å². The Bertz CT molecular complexity index is 639. The number of aliphatic hydroxyl groups excluding tert-OH is 2. The lowest BCUT2D eigenvalue weighted by Crippen LogP contribution is -2.83. The van der Waals surface area contributed by atoms with Gasteiger partial charge < -0.3 is 29.7 Å². The summed E-state index contributed by atoms with van der Waals surface area (Å²) in [6.07, 6.45) is -0.242. The Morgan fingerprint density at radius 3 is 2.45 bits per heavy atom. The summed E-state index contributed by atoms with van der Waals surface area (Å²) in [5, 5.41) is 34.6. The second-order valence-corrected chi connectivity index (χ2v) is 10.7. The summed E-state index contributed by atoms with van der Waals surface area (Å²) in [4.78, 5) is 14.6. The molecule has 2 aliphatic carbocycles. The third-order valence-corrected chi connectivity index (χ3v) is 8.27. The predicted molar refractivity (Wildman–Crippen MR) is 108 cm³/mol. The summed E-state index contributed by atoms with van der Waals surface area (Å²) >= 11 is 0. The van der Waals surface area contributed by atoms with Crippen LogP contribution in [0.25, 0.3) is 0 Å². The maximum Gasteiger partial charge on any atom is 0.307 e. The highest BCUT2D eigenvalue weighted by Gasteiger charge is 2.77. The molecule has 29 heavy (non-hydrogen) atoms. The van der Waals surface area contributed by atoms with Gasteiger partial charge in [-0.25, -0.2) is 0 Å². The molecule has 3 aliphatic rings. The van der Waals surface area contributed by atoms with Crippen LogP contribution < -0.4 is 0 Å². The van der Waals surface area contributed by atoms with Crippen molar-refractivity contribution in [2.45, 2.75) is 89.3 Å². The maximum absolute atomic E-state index is 12.7. The molecule has 3 rings (SSSR count). The minimum absolute atomic E-state index is 0.213. The van der Waals surface area contributed by atoms with E-state index in [1.807, 2.05) is 25.9 Å². The predicted octanol–water partition coefficient (Wildman–Crippen LogP) is 1.33. The summed E-state index contributed by atoms with van der Waals surface area (Å²) in [6.45, 7) is 8.70. The Kier molecular flexibility index (Phi) is 5.89. The van der Waals surface area contributed by atoms with Gasteiger partial charge in [0.1, 0.15) is 23.4 Å². The van der Waals surface area contributed by atoms with Gasteiger partial charge >= 0.3 is 5.97 Å². The zero-order valence-electron chi connectivity index (χ0n) is 18.8. The fraction of sp³-hybridized carbons (Fsp3) is 0.955. The lowest BCUT2D eigenvalue weighted by Gasteiger charge is -2.70. The highest BCUT2D eigenvalue weighted by molar-refractivity contribution is 5.70. The SMILES string of the molecule is CN(C)CCC(=O)O[C@H]1[C@H]2C(C)(C)CC[C@H](O)[C@]2(C)[C@@]2(O)CCCO[C@]2(C)[C@H]1O. The standard InChI is InChI=1S/C22H39NO6/c1-19(2)11-8-14(24)20(3)17(19)16(29-15(25)9-12-23(5)6)18(26)21(4)22(20,27)10-7-13-28-21/h14,16-18,24,26-27H,7-13H2,1-6H3/t14-,16-,17-,18-,20-,21+,22-/m0/s1. The van der Waals surface area contributed by atoms with Crippen LogP contribution >= 0.6 is 0 Å². The van der Waals surface area contributed by atoms with Crippen molar-refractivity contribution in [2.24, 2.45) is 16.7 Å². The van der Waals surface area contributed by atoms with E-state index in [0.29, 0.717) is 32.4 Å². The average Bonchev–Trinajstić information content (AvgIpc) is 2.63. The monoisotopic (exact) mass is 413 g/mol. The van der Waals surface area contributed by atoms with Crippen molar-refractivity contribution < 1.29 is 29.6 Å². The van der Waals surface area contributed by atoms with Crippen LogP contribution in [-0.2, 0) is 14.3 Å². The second-order valence-electron chi connectivity index (χ2n) is 10.7. The number of rotatable bonds is 4. The lowest BCUT2D eigenvalue weighted by atomic mass is 9.40. The molecule has 0 radical (unpaired) electrons. The van der Waals surface area contributed by atoms with Gasteiger partial charge in [-0.3, -0.25) is 4.79 Å². The van der Waals surface area contributed by atoms with E-state index in [1.54, 1.807) is 6.92 Å². The van der Waals surface area contributed by atoms with E-state index in [1.165, 1.54) is 0 Å². The molecule has 3 N–H and O–H groups in total. The molecular formula is C22H39NO6. The Balaban J connectivity index is 2.07. The number of nitrogens with zero attached hydrogens (tertiary/aromatic N) is 1. The highest BCUT2D eigenvalue weighted by Crippen LogP contribution is 2.66. The third kappa shape index (κ3) is 3.24. The molecule has 7 atom stereocenters. The number of fused-ring (bicyclic) bond motifs is 3. The average molecular weight is 414 g/mol. The molecule has 1 aliphatic heterocycles. The van der Waals surface area contributed by atoms with E-state index in [2.05, 4.69) is 13.8 Å². The summed E-state index contributed by atoms with van der Waals surface area (Å²) in [6, 6.07) is 0. The molecule has 0 aromatic carbocycles. The van der Waals surface area contributed by atoms with E-state index in [9.17, 15) is 20.1 Å². The van der Waals surface area contributed by atoms with Crippen molar-refractivity contribution >= 4 is 5.97 Å². The lowest BCUT2D eigenvalue weighted by molar-refractivity contribution is -0.374. The number of hydrogen-bond donors (Lipinski definition) is 3. The van der Waals surface area contributed by atoms with Gasteiger partial charge in [0.25, 0.3) is 0 Å². The van der Waals surface area contributed by atoms with Gasteiger partial charge in [-0.2, -0.15) is 0 Å². The van der Waals surface area contributed by atoms with Crippen LogP contribution in [0.2, 0.25) is 0 Å². The molecule has 1 heterocycles. The number of hydrogen-bond acceptors (Lipinski definition) is 7. The van der Waals surface area contributed by atoms with Gasteiger partial charge in [0.2, 0.25) is 0 Å². The molecule has 7 heteroatoms. The number of carbonyl (C=O) groups excluding carboxylic acids is 1. The quantitative estimate of drug-likeness (QED) is 0.598. The first-order valence-electron chi connectivity index (χ1n) is 10.9. The first-order chi connectivity index (χ1) is 13.3. The Morgan fingerprint density at radius 1 is 1.17 bits per heavy atom. The molecule has 0 aromatic rings. The fourth-order valence-corrected chi connectivity index (χ4v) is 6.57. The summed E-state index contributed by atoms with van der Waals surface area (Å²) in [5.74, 6) is -0.789. The molecule has 0 bridgehead atoms. The highest BCUT2D eigenvalue weighted by atomic mass is 16.6. The van der Waals surface area contributed by atoms with Crippen LogP contribution in [0.5, 0.6) is 0 Å². The summed E-state index contributed by atoms with van der Waals surface area (Å²) in [7, 11) is 3.77. The molecule has 0 spiro atoms. The summed E-state index contributed by atoms with van der Waals surface area (Å²) < 4.78 is 11.9. The number of ether oxygens (including phenoxy) is 2. The maximum atomic E-state index is 12.7. The van der Waals surface area contributed by atoms with Crippen LogP contribution in [0.15, 0.2) is 0 Å². The van der Waals surface area contributed by atoms with Crippen LogP contribution in [-0.4, -0.2) is 82.9 Å². The van der Waals surface area contributed by atoms with Gasteiger partial charge in [0.05, 0.1) is 12.5 Å². The molecule has 0 amide bonds. The van der Waals surface area contributed by atoms with E-state index in [-0.39, 0.29) is 17.8 Å². The Labute approximate surface area is 174 Å². The van der Waals surface area contributed by atoms with Gasteiger partial charge in [-0.15, -0.1) is 0 Å². The largest absolute Gasteiger partial charge is 0.459 e. The number of aliphatic hydroxyl groups is 3. The van der Waals surface area contributed by atoms with Crippen molar-refractivity contribution in [3.63, 3.8) is 0 Å². The van der Waals surface area contributed by atoms with Crippen LogP contribution in [0, 0.1) is 16.7 Å². The molecule has 2 saturated carbocycles. The van der Waals surface area contributed by atoms with Crippen molar-refractivity contribution in [1.29, 1.82) is 0 Å². The molecular weight excluding hydrogens is 374 g/mol. The van der Waals surface area contributed by atoms with E-state index < -0.39 is 40.8 Å². The fourth-order valence-electron chi connectivity index (χ4n) is 6.57. The topological polar surface area (TPSA) is 99.5 Å². The van der Waals surface area contributed by atoms with Gasteiger partial charge in [-0.1, -0.05) is 20.8 Å². The number of esters is 1. The van der Waals surface area contributed by atoms with E-state index in [4.69, 9.17) is 9.47 Å². The van der Waals surface area contributed by atoms with Gasteiger partial charge in [0.15, 0.2) is 0 Å². The zero-order valence-corrected chi connectivity index (χ0v) is 18.8. The molecule has 0 aromatic heterocycles. The zero-order chi connectivity index (χ0) is 21.8. The van der Waals surface area contributed by atoms with Crippen LogP contribution in [0.3, 0.4) is 0 Å². The molecule has 0 unspecified atom stereocenters. The second kappa shape index (κ2) is 7.45. The minimum Gasteiger partial charge on any atom is -0.459 e. The normalized spacial score (nSPS) is 46.7. The smallest absolute Gasteiger partial charge is 0.307 e. The van der Waals surface area contributed by atoms with E-state index >= 15 is 0 Å². The van der Waals surface area contributed by atoms with Crippen molar-refractivity contribution in [3.8, 4) is 0 Å². The van der Waals surface area contributed by atoms with E-state index in [0.717, 1.165) is 6.42 Å². The first kappa shape index (κ1) is 22.9. The molecule has 7 nitrogen and oxygen atoms in total. The summed E-state index contributed by atoms with van der Waals surface area (Å²) in [5.41, 5.74) is -4.06. The Morgan fingerprint density at radius 2 is 1.83 bits per heavy atom.